The number of anilines is 2. The molecule has 0 saturated carbocycles. The lowest BCUT2D eigenvalue weighted by Gasteiger charge is -2.21. The van der Waals surface area contributed by atoms with Gasteiger partial charge in [0.1, 0.15) is 6.54 Å². The van der Waals surface area contributed by atoms with Gasteiger partial charge in [-0.25, -0.2) is 4.90 Å². The highest BCUT2D eigenvalue weighted by Gasteiger charge is 2.55. The lowest BCUT2D eigenvalue weighted by Crippen LogP contribution is -2.43. The molecule has 2 heterocycles. The number of aryl methyl sites for hydroxylation is 3. The molecule has 1 fully saturated rings. The summed E-state index contributed by atoms with van der Waals surface area (Å²) in [5, 5.41) is 12.1. The fraction of sp³-hybridized carbons (Fsp3) is 0.348. The minimum Gasteiger partial charge on any atom is -0.493 e. The van der Waals surface area contributed by atoms with E-state index in [2.05, 4.69) is 15.7 Å². The van der Waals surface area contributed by atoms with E-state index >= 15 is 0 Å². The summed E-state index contributed by atoms with van der Waals surface area (Å²) in [6, 6.07) is 6.74. The molecule has 172 valence electrons. The Hall–Kier alpha value is -3.95. The van der Waals surface area contributed by atoms with E-state index < -0.39 is 23.9 Å². The van der Waals surface area contributed by atoms with Crippen LogP contribution in [0.15, 0.2) is 40.7 Å². The Morgan fingerprint density at radius 1 is 1.00 bits per heavy atom. The molecule has 33 heavy (non-hydrogen) atoms. The molecule has 2 aromatic rings. The number of amides is 3. The highest BCUT2D eigenvalue weighted by Crippen LogP contribution is 2.36. The molecule has 3 amide bonds. The zero-order valence-electron chi connectivity index (χ0n) is 19.1. The number of rotatable bonds is 6. The smallest absolute Gasteiger partial charge is 0.263 e. The van der Waals surface area contributed by atoms with Crippen LogP contribution in [0.2, 0.25) is 0 Å². The number of carbonyl (C=O) groups excluding carboxylic acids is 3. The van der Waals surface area contributed by atoms with E-state index in [0.717, 1.165) is 27.3 Å². The van der Waals surface area contributed by atoms with Gasteiger partial charge in [-0.3, -0.25) is 19.4 Å². The molecule has 0 bridgehead atoms. The molecular formula is C23H25N5O5. The molecule has 2 aromatic carbocycles. The van der Waals surface area contributed by atoms with E-state index in [1.165, 1.54) is 19.2 Å². The van der Waals surface area contributed by atoms with Crippen molar-refractivity contribution in [3.63, 3.8) is 0 Å². The van der Waals surface area contributed by atoms with Crippen LogP contribution in [0.1, 0.15) is 16.7 Å². The molecule has 0 spiro atoms. The van der Waals surface area contributed by atoms with E-state index in [9.17, 15) is 14.4 Å². The molecule has 1 N–H and O–H groups in total. The summed E-state index contributed by atoms with van der Waals surface area (Å²) < 4.78 is 10.5. The van der Waals surface area contributed by atoms with E-state index in [-0.39, 0.29) is 12.5 Å². The molecule has 10 nitrogen and oxygen atoms in total. The van der Waals surface area contributed by atoms with E-state index in [1.807, 2.05) is 32.9 Å². The Labute approximate surface area is 191 Å². The zero-order valence-corrected chi connectivity index (χ0v) is 19.1. The molecular weight excluding hydrogens is 426 g/mol. The third-order valence-electron chi connectivity index (χ3n) is 5.73. The van der Waals surface area contributed by atoms with Crippen LogP contribution in [-0.2, 0) is 14.4 Å². The first-order chi connectivity index (χ1) is 15.7. The first kappa shape index (κ1) is 22.3. The van der Waals surface area contributed by atoms with E-state index in [1.54, 1.807) is 18.2 Å². The number of nitrogens with one attached hydrogen (secondary N) is 1. The van der Waals surface area contributed by atoms with Crippen molar-refractivity contribution >= 4 is 29.1 Å². The third-order valence-corrected chi connectivity index (χ3v) is 5.73. The Bertz CT molecular complexity index is 1150. The van der Waals surface area contributed by atoms with Gasteiger partial charge in [0.05, 0.1) is 19.9 Å². The van der Waals surface area contributed by atoms with Crippen LogP contribution in [0, 0.1) is 20.8 Å². The van der Waals surface area contributed by atoms with Crippen molar-refractivity contribution in [2.75, 3.05) is 31.0 Å². The topological polar surface area (TPSA) is 113 Å². The first-order valence-electron chi connectivity index (χ1n) is 10.4. The minimum atomic E-state index is -0.999. The molecule has 0 radical (unpaired) electrons. The summed E-state index contributed by atoms with van der Waals surface area (Å²) in [5.41, 5.74) is 4.04. The van der Waals surface area contributed by atoms with Crippen molar-refractivity contribution in [1.29, 1.82) is 0 Å². The Morgan fingerprint density at radius 3 is 2.30 bits per heavy atom. The highest BCUT2D eigenvalue weighted by molar-refractivity contribution is 6.25. The molecule has 1 saturated heterocycles. The second-order valence-corrected chi connectivity index (χ2v) is 8.07. The van der Waals surface area contributed by atoms with Crippen molar-refractivity contribution < 1.29 is 23.9 Å². The number of benzene rings is 2. The molecule has 4 rings (SSSR count). The third kappa shape index (κ3) is 3.88. The van der Waals surface area contributed by atoms with Crippen LogP contribution >= 0.6 is 0 Å². The summed E-state index contributed by atoms with van der Waals surface area (Å²) in [4.78, 5) is 39.9. The predicted octanol–water partition coefficient (Wildman–Crippen LogP) is 2.56. The van der Waals surface area contributed by atoms with Gasteiger partial charge in [-0.05, 0) is 44.0 Å². The quantitative estimate of drug-likeness (QED) is 0.676. The number of hydrogen-bond donors (Lipinski definition) is 1. The highest BCUT2D eigenvalue weighted by atomic mass is 16.5. The van der Waals surface area contributed by atoms with Crippen LogP contribution in [0.4, 0.5) is 11.4 Å². The first-order valence-corrected chi connectivity index (χ1v) is 10.4. The van der Waals surface area contributed by atoms with Crippen molar-refractivity contribution in [3.8, 4) is 11.5 Å². The summed E-state index contributed by atoms with van der Waals surface area (Å²) in [6.45, 7) is 5.61. The van der Waals surface area contributed by atoms with Crippen molar-refractivity contribution in [1.82, 2.24) is 5.01 Å². The fourth-order valence-electron chi connectivity index (χ4n) is 4.28. The molecule has 0 aliphatic carbocycles. The molecule has 0 aromatic heterocycles. The molecule has 2 aliphatic rings. The second kappa shape index (κ2) is 8.53. The van der Waals surface area contributed by atoms with Gasteiger partial charge in [-0.15, -0.1) is 0 Å². The standard InChI is InChI=1S/C23H25N5O5/c1-12-8-13(2)19(14(3)9-12)24-18(29)11-27-21-20(25-26-27)22(30)28(23(21)31)15-6-7-16(32-4)17(10-15)33-5/h6-10,20-21H,11H2,1-5H3,(H,24,29)/t20-,21-/m0/s1. The lowest BCUT2D eigenvalue weighted by atomic mass is 10.1. The van der Waals surface area contributed by atoms with Crippen LogP contribution < -0.4 is 19.7 Å². The number of carbonyl (C=O) groups is 3. The van der Waals surface area contributed by atoms with Crippen LogP contribution in [0.25, 0.3) is 0 Å². The van der Waals surface area contributed by atoms with Crippen molar-refractivity contribution in [2.24, 2.45) is 10.3 Å². The van der Waals surface area contributed by atoms with Gasteiger partial charge in [-0.2, -0.15) is 5.11 Å². The summed E-state index contributed by atoms with van der Waals surface area (Å²) >= 11 is 0. The van der Waals surface area contributed by atoms with Crippen LogP contribution in [0.3, 0.4) is 0 Å². The summed E-state index contributed by atoms with van der Waals surface area (Å²) in [6.07, 6.45) is 0. The van der Waals surface area contributed by atoms with E-state index in [0.29, 0.717) is 17.2 Å². The number of nitrogens with zero attached hydrogens (tertiary/aromatic N) is 4. The SMILES string of the molecule is COc1ccc(N2C(=O)[C@H]3N=NN(CC(=O)Nc4c(C)cc(C)cc4C)[C@@H]3C2=O)cc1OC. The average Bonchev–Trinajstić information content (AvgIpc) is 3.29. The maximum atomic E-state index is 13.2. The number of methoxy groups -OCH3 is 2. The maximum absolute atomic E-state index is 13.2. The summed E-state index contributed by atoms with van der Waals surface area (Å²) in [5.74, 6) is -0.504. The van der Waals surface area contributed by atoms with Crippen molar-refractivity contribution in [3.05, 3.63) is 47.0 Å². The largest absolute Gasteiger partial charge is 0.493 e. The fourth-order valence-corrected chi connectivity index (χ4v) is 4.28. The van der Waals surface area contributed by atoms with Gasteiger partial charge >= 0.3 is 0 Å². The molecule has 2 aliphatic heterocycles. The van der Waals surface area contributed by atoms with Gasteiger partial charge in [0, 0.05) is 11.8 Å². The van der Waals surface area contributed by atoms with Gasteiger partial charge in [0.2, 0.25) is 5.91 Å². The number of hydrogen-bond acceptors (Lipinski definition) is 8. The van der Waals surface area contributed by atoms with Gasteiger partial charge in [-0.1, -0.05) is 22.9 Å². The minimum absolute atomic E-state index is 0.212. The van der Waals surface area contributed by atoms with E-state index in [4.69, 9.17) is 9.47 Å². The van der Waals surface area contributed by atoms with Gasteiger partial charge in [0.25, 0.3) is 11.8 Å². The Kier molecular flexibility index (Phi) is 5.75. The second-order valence-electron chi connectivity index (χ2n) is 8.07. The zero-order chi connectivity index (χ0) is 23.9. The lowest BCUT2D eigenvalue weighted by molar-refractivity contribution is -0.123. The van der Waals surface area contributed by atoms with Crippen LogP contribution in [-0.4, -0.2) is 55.6 Å². The average molecular weight is 451 g/mol. The normalized spacial score (nSPS) is 19.2. The van der Waals surface area contributed by atoms with Crippen LogP contribution in [0.5, 0.6) is 11.5 Å². The maximum Gasteiger partial charge on any atom is 0.263 e. The van der Waals surface area contributed by atoms with Gasteiger partial charge < -0.3 is 14.8 Å². The monoisotopic (exact) mass is 451 g/mol. The predicted molar refractivity (Wildman–Crippen MR) is 120 cm³/mol. The molecule has 0 unspecified atom stereocenters. The van der Waals surface area contributed by atoms with Crippen molar-refractivity contribution in [2.45, 2.75) is 32.9 Å². The number of fused-ring (bicyclic) bond motifs is 1. The Balaban J connectivity index is 1.52. The number of ether oxygens (including phenoxy) is 2. The molecule has 10 heteroatoms. The summed E-state index contributed by atoms with van der Waals surface area (Å²) in [7, 11) is 2.97. The number of imide groups is 1. The Morgan fingerprint density at radius 2 is 1.67 bits per heavy atom. The molecule has 2 atom stereocenters. The van der Waals surface area contributed by atoms with Gasteiger partial charge in [0.15, 0.2) is 23.6 Å².